The van der Waals surface area contributed by atoms with Gasteiger partial charge in [-0.15, -0.1) is 0 Å². The molecule has 1 aliphatic carbocycles. The van der Waals surface area contributed by atoms with Crippen molar-refractivity contribution >= 4 is 27.5 Å². The third-order valence-corrected chi connectivity index (χ3v) is 8.86. The summed E-state index contributed by atoms with van der Waals surface area (Å²) in [6.07, 6.45) is 6.75. The van der Waals surface area contributed by atoms with Gasteiger partial charge in [-0.1, -0.05) is 44.7 Å². The van der Waals surface area contributed by atoms with Crippen LogP contribution >= 0.6 is 0 Å². The highest BCUT2D eigenvalue weighted by molar-refractivity contribution is 7.89. The van der Waals surface area contributed by atoms with Crippen LogP contribution in [0.1, 0.15) is 69.9 Å². The Bertz CT molecular complexity index is 954. The lowest BCUT2D eigenvalue weighted by atomic mass is 9.92. The third kappa shape index (κ3) is 5.01. The molecule has 0 radical (unpaired) electrons. The molecule has 1 aromatic carbocycles. The minimum atomic E-state index is -3.63. The lowest BCUT2D eigenvalue weighted by molar-refractivity contribution is -0.133. The Balaban J connectivity index is 2.01. The minimum Gasteiger partial charge on any atom is -0.351 e. The molecule has 2 aliphatic rings. The van der Waals surface area contributed by atoms with Gasteiger partial charge in [-0.05, 0) is 57.2 Å². The summed E-state index contributed by atoms with van der Waals surface area (Å²) in [5.41, 5.74) is 1.27. The van der Waals surface area contributed by atoms with Gasteiger partial charge in [-0.2, -0.15) is 4.31 Å². The molecule has 1 aliphatic heterocycles. The van der Waals surface area contributed by atoms with Crippen LogP contribution in [0.15, 0.2) is 18.2 Å². The summed E-state index contributed by atoms with van der Waals surface area (Å²) < 4.78 is 26.9. The number of aryl methyl sites for hydroxylation is 1. The van der Waals surface area contributed by atoms with Gasteiger partial charge >= 0.3 is 0 Å². The van der Waals surface area contributed by atoms with Crippen molar-refractivity contribution in [3.05, 3.63) is 29.3 Å². The molecule has 8 heteroatoms. The molecule has 3 rings (SSSR count). The Labute approximate surface area is 192 Å². The van der Waals surface area contributed by atoms with E-state index in [1.54, 1.807) is 18.7 Å². The Hall–Kier alpha value is -1.93. The van der Waals surface area contributed by atoms with Crippen LogP contribution in [0, 0.1) is 13.8 Å². The van der Waals surface area contributed by atoms with E-state index in [4.69, 9.17) is 0 Å². The predicted molar refractivity (Wildman–Crippen MR) is 127 cm³/mol. The van der Waals surface area contributed by atoms with Crippen LogP contribution < -0.4 is 10.2 Å². The summed E-state index contributed by atoms with van der Waals surface area (Å²) in [7, 11) is -3.63. The highest BCUT2D eigenvalue weighted by Gasteiger charge is 2.51. The molecule has 178 valence electrons. The Morgan fingerprint density at radius 1 is 1.16 bits per heavy atom. The van der Waals surface area contributed by atoms with Gasteiger partial charge in [-0.3, -0.25) is 14.5 Å². The monoisotopic (exact) mass is 463 g/mol. The van der Waals surface area contributed by atoms with Crippen LogP contribution in [0.3, 0.4) is 0 Å². The first-order chi connectivity index (χ1) is 15.1. The van der Waals surface area contributed by atoms with Crippen LogP contribution in [-0.4, -0.2) is 55.0 Å². The number of hydrogen-bond acceptors (Lipinski definition) is 4. The van der Waals surface area contributed by atoms with E-state index in [0.717, 1.165) is 36.8 Å². The van der Waals surface area contributed by atoms with Crippen molar-refractivity contribution in [2.75, 3.05) is 23.7 Å². The summed E-state index contributed by atoms with van der Waals surface area (Å²) in [6, 6.07) is 5.73. The predicted octanol–water partition coefficient (Wildman–Crippen LogP) is 3.29. The molecule has 1 unspecified atom stereocenters. The molecule has 0 aromatic heterocycles. The van der Waals surface area contributed by atoms with Crippen LogP contribution in [0.5, 0.6) is 0 Å². The molecule has 1 saturated carbocycles. The minimum absolute atomic E-state index is 0.0376. The molecule has 1 aromatic rings. The number of nitrogens with one attached hydrogen (secondary N) is 1. The zero-order valence-corrected chi connectivity index (χ0v) is 20.6. The normalized spacial score (nSPS) is 23.8. The van der Waals surface area contributed by atoms with Gasteiger partial charge in [0.05, 0.1) is 12.3 Å². The Morgan fingerprint density at radius 2 is 1.81 bits per heavy atom. The number of rotatable bonds is 6. The van der Waals surface area contributed by atoms with Crippen molar-refractivity contribution in [1.82, 2.24) is 9.62 Å². The number of nitrogens with zero attached hydrogens (tertiary/aromatic N) is 2. The molecule has 7 nitrogen and oxygen atoms in total. The number of anilines is 1. The van der Waals surface area contributed by atoms with Crippen molar-refractivity contribution in [2.24, 2.45) is 0 Å². The fourth-order valence-electron chi connectivity index (χ4n) is 4.87. The van der Waals surface area contributed by atoms with Crippen molar-refractivity contribution in [3.63, 3.8) is 0 Å². The smallest absolute Gasteiger partial charge is 0.247 e. The SMILES string of the molecule is CCCS(=O)(=O)N1CC(=O)N(c2cccc(C)c2C)C(C)(C(=O)NC2CCCCCC2)C1. The molecule has 2 fully saturated rings. The fraction of sp³-hybridized carbons (Fsp3) is 0.667. The third-order valence-electron chi connectivity index (χ3n) is 6.89. The van der Waals surface area contributed by atoms with Gasteiger partial charge in [0, 0.05) is 18.3 Å². The average molecular weight is 464 g/mol. The standard InChI is InChI=1S/C24H37N3O4S/c1-5-15-32(30,31)26-16-22(28)27(21-14-10-11-18(2)19(21)3)24(4,17-26)23(29)25-20-12-8-6-7-9-13-20/h10-11,14,20H,5-9,12-13,15-17H2,1-4H3,(H,25,29). The van der Waals surface area contributed by atoms with Crippen LogP contribution in [0.2, 0.25) is 0 Å². The van der Waals surface area contributed by atoms with Gasteiger partial charge in [0.2, 0.25) is 21.8 Å². The van der Waals surface area contributed by atoms with E-state index in [1.165, 1.54) is 17.1 Å². The van der Waals surface area contributed by atoms with Gasteiger partial charge in [0.25, 0.3) is 0 Å². The Kier molecular flexibility index (Phi) is 7.65. The first-order valence-electron chi connectivity index (χ1n) is 11.8. The number of benzene rings is 1. The maximum atomic E-state index is 13.7. The first-order valence-corrected chi connectivity index (χ1v) is 13.4. The van der Waals surface area contributed by atoms with Crippen molar-refractivity contribution in [2.45, 2.75) is 84.2 Å². The van der Waals surface area contributed by atoms with Crippen LogP contribution in [-0.2, 0) is 19.6 Å². The van der Waals surface area contributed by atoms with Crippen molar-refractivity contribution in [1.29, 1.82) is 0 Å². The topological polar surface area (TPSA) is 86.8 Å². The van der Waals surface area contributed by atoms with Gasteiger partial charge in [0.1, 0.15) is 5.54 Å². The van der Waals surface area contributed by atoms with Gasteiger partial charge in [-0.25, -0.2) is 8.42 Å². The van der Waals surface area contributed by atoms with E-state index in [-0.39, 0.29) is 36.7 Å². The molecule has 1 N–H and O–H groups in total. The van der Waals surface area contributed by atoms with E-state index < -0.39 is 15.6 Å². The number of piperazine rings is 1. The molecule has 2 amide bonds. The maximum Gasteiger partial charge on any atom is 0.247 e. The number of carbonyl (C=O) groups is 2. The summed E-state index contributed by atoms with van der Waals surface area (Å²) in [6.45, 7) is 7.10. The molecule has 32 heavy (non-hydrogen) atoms. The Morgan fingerprint density at radius 3 is 2.44 bits per heavy atom. The highest BCUT2D eigenvalue weighted by atomic mass is 32.2. The van der Waals surface area contributed by atoms with Crippen molar-refractivity contribution < 1.29 is 18.0 Å². The largest absolute Gasteiger partial charge is 0.351 e. The highest BCUT2D eigenvalue weighted by Crippen LogP contribution is 2.34. The number of carbonyl (C=O) groups excluding carboxylic acids is 2. The second-order valence-corrected chi connectivity index (χ2v) is 11.6. The molecular weight excluding hydrogens is 426 g/mol. The zero-order valence-electron chi connectivity index (χ0n) is 19.8. The number of amides is 2. The lowest BCUT2D eigenvalue weighted by Crippen LogP contribution is -2.71. The first kappa shape index (κ1) is 24.7. The molecular formula is C24H37N3O4S. The molecule has 1 heterocycles. The van der Waals surface area contributed by atoms with E-state index in [0.29, 0.717) is 12.1 Å². The molecule has 0 spiro atoms. The van der Waals surface area contributed by atoms with E-state index >= 15 is 0 Å². The van der Waals surface area contributed by atoms with E-state index in [1.807, 2.05) is 32.0 Å². The van der Waals surface area contributed by atoms with Crippen molar-refractivity contribution in [3.8, 4) is 0 Å². The van der Waals surface area contributed by atoms with Crippen LogP contribution in [0.4, 0.5) is 5.69 Å². The van der Waals surface area contributed by atoms with Gasteiger partial charge in [0.15, 0.2) is 0 Å². The second kappa shape index (κ2) is 9.91. The summed E-state index contributed by atoms with van der Waals surface area (Å²) in [5.74, 6) is -0.692. The average Bonchev–Trinajstić information content (AvgIpc) is 2.99. The van der Waals surface area contributed by atoms with Gasteiger partial charge < -0.3 is 5.32 Å². The summed E-state index contributed by atoms with van der Waals surface area (Å²) in [4.78, 5) is 28.7. The quantitative estimate of drug-likeness (QED) is 0.656. The lowest BCUT2D eigenvalue weighted by Gasteiger charge is -2.47. The number of sulfonamides is 1. The molecule has 1 atom stereocenters. The summed E-state index contributed by atoms with van der Waals surface area (Å²) >= 11 is 0. The van der Waals surface area contributed by atoms with E-state index in [9.17, 15) is 18.0 Å². The second-order valence-electron chi connectivity index (χ2n) is 9.47. The maximum absolute atomic E-state index is 13.7. The van der Waals surface area contributed by atoms with E-state index in [2.05, 4.69) is 5.32 Å². The fourth-order valence-corrected chi connectivity index (χ4v) is 6.40. The zero-order chi connectivity index (χ0) is 23.5. The molecule has 0 bridgehead atoms. The van der Waals surface area contributed by atoms with Crippen LogP contribution in [0.25, 0.3) is 0 Å². The number of hydrogen-bond donors (Lipinski definition) is 1. The molecule has 1 saturated heterocycles. The summed E-state index contributed by atoms with van der Waals surface area (Å²) in [5, 5.41) is 3.17.